The number of rotatable bonds is 3. The molecule has 1 N–H and O–H groups in total. The molecule has 1 fully saturated rings. The zero-order valence-corrected chi connectivity index (χ0v) is 15.8. The minimum Gasteiger partial charge on any atom is -0.484 e. The SMILES string of the molecule is Cc1c(C#N)c(Cl)nc2c1CCC[C@H]2Oc1ccc2[nH]nc(C3CC3)c2c1. The number of aromatic nitrogens is 3. The van der Waals surface area contributed by atoms with Gasteiger partial charge in [0, 0.05) is 11.3 Å². The number of halogens is 1. The molecule has 0 spiro atoms. The Bertz CT molecular complexity index is 1090. The molecule has 2 aromatic heterocycles. The second-order valence-electron chi connectivity index (χ2n) is 7.47. The Morgan fingerprint density at radius 1 is 1.26 bits per heavy atom. The van der Waals surface area contributed by atoms with Gasteiger partial charge in [-0.15, -0.1) is 0 Å². The van der Waals surface area contributed by atoms with Crippen LogP contribution in [0.2, 0.25) is 5.15 Å². The predicted octanol–water partition coefficient (Wildman–Crippen LogP) is 5.13. The van der Waals surface area contributed by atoms with E-state index in [0.717, 1.165) is 58.4 Å². The lowest BCUT2D eigenvalue weighted by atomic mass is 9.89. The van der Waals surface area contributed by atoms with Crippen molar-refractivity contribution in [1.82, 2.24) is 15.2 Å². The maximum absolute atomic E-state index is 9.34. The Labute approximate surface area is 162 Å². The molecule has 1 atom stereocenters. The second-order valence-corrected chi connectivity index (χ2v) is 7.83. The zero-order chi connectivity index (χ0) is 18.5. The number of nitrogens with zero attached hydrogens (tertiary/aromatic N) is 3. The summed E-state index contributed by atoms with van der Waals surface area (Å²) in [6, 6.07) is 8.26. The summed E-state index contributed by atoms with van der Waals surface area (Å²) in [6.07, 6.45) is 5.08. The summed E-state index contributed by atoms with van der Waals surface area (Å²) >= 11 is 6.26. The molecule has 1 aromatic carbocycles. The molecule has 0 radical (unpaired) electrons. The third kappa shape index (κ3) is 2.76. The highest BCUT2D eigenvalue weighted by atomic mass is 35.5. The number of nitrogens with one attached hydrogen (secondary N) is 1. The predicted molar refractivity (Wildman–Crippen MR) is 103 cm³/mol. The van der Waals surface area contributed by atoms with Crippen LogP contribution in [-0.4, -0.2) is 15.2 Å². The first-order chi connectivity index (χ1) is 13.2. The van der Waals surface area contributed by atoms with Gasteiger partial charge in [-0.2, -0.15) is 10.4 Å². The molecule has 2 heterocycles. The lowest BCUT2D eigenvalue weighted by Crippen LogP contribution is -2.19. The fraction of sp³-hybridized carbons (Fsp3) is 0.381. The average molecular weight is 379 g/mol. The van der Waals surface area contributed by atoms with Crippen molar-refractivity contribution in [1.29, 1.82) is 5.26 Å². The van der Waals surface area contributed by atoms with Gasteiger partial charge in [0.1, 0.15) is 23.1 Å². The van der Waals surface area contributed by atoms with E-state index in [1.165, 1.54) is 12.8 Å². The molecule has 0 aliphatic heterocycles. The Morgan fingerprint density at radius 2 is 2.11 bits per heavy atom. The third-order valence-electron chi connectivity index (χ3n) is 5.68. The number of benzene rings is 1. The lowest BCUT2D eigenvalue weighted by molar-refractivity contribution is 0.178. The summed E-state index contributed by atoms with van der Waals surface area (Å²) in [6.45, 7) is 1.95. The molecule has 6 heteroatoms. The van der Waals surface area contributed by atoms with Crippen molar-refractivity contribution < 1.29 is 4.74 Å². The van der Waals surface area contributed by atoms with Crippen LogP contribution >= 0.6 is 11.6 Å². The molecule has 1 saturated carbocycles. The van der Waals surface area contributed by atoms with E-state index in [2.05, 4.69) is 27.3 Å². The first-order valence-electron chi connectivity index (χ1n) is 9.39. The summed E-state index contributed by atoms with van der Waals surface area (Å²) in [7, 11) is 0. The number of nitriles is 1. The second kappa shape index (κ2) is 6.24. The molecule has 0 saturated heterocycles. The van der Waals surface area contributed by atoms with Gasteiger partial charge < -0.3 is 4.74 Å². The molecular weight excluding hydrogens is 360 g/mol. The maximum Gasteiger partial charge on any atom is 0.147 e. The standard InChI is InChI=1S/C21H19ClN4O/c1-11-14-3-2-4-18(20(14)24-21(22)16(11)10-23)27-13-7-8-17-15(9-13)19(26-25-17)12-5-6-12/h7-9,12,18H,2-6H2,1H3,(H,25,26)/t18-/m1/s1. The van der Waals surface area contributed by atoms with Crippen molar-refractivity contribution in [2.75, 3.05) is 0 Å². The van der Waals surface area contributed by atoms with E-state index in [9.17, 15) is 5.26 Å². The zero-order valence-electron chi connectivity index (χ0n) is 15.1. The molecule has 27 heavy (non-hydrogen) atoms. The summed E-state index contributed by atoms with van der Waals surface area (Å²) in [5.74, 6) is 1.40. The van der Waals surface area contributed by atoms with Crippen molar-refractivity contribution in [2.45, 2.75) is 51.0 Å². The van der Waals surface area contributed by atoms with E-state index in [1.54, 1.807) is 0 Å². The van der Waals surface area contributed by atoms with E-state index in [0.29, 0.717) is 11.5 Å². The van der Waals surface area contributed by atoms with Crippen LogP contribution in [-0.2, 0) is 6.42 Å². The number of H-pyrrole nitrogens is 1. The highest BCUT2D eigenvalue weighted by Crippen LogP contribution is 2.43. The minimum atomic E-state index is -0.147. The highest BCUT2D eigenvalue weighted by molar-refractivity contribution is 6.30. The van der Waals surface area contributed by atoms with Crippen LogP contribution in [0.1, 0.15) is 65.8 Å². The van der Waals surface area contributed by atoms with Crippen molar-refractivity contribution in [3.8, 4) is 11.8 Å². The van der Waals surface area contributed by atoms with Gasteiger partial charge in [-0.25, -0.2) is 4.98 Å². The molecule has 0 unspecified atom stereocenters. The van der Waals surface area contributed by atoms with Crippen LogP contribution in [0, 0.1) is 18.3 Å². The van der Waals surface area contributed by atoms with Gasteiger partial charge in [0.15, 0.2) is 0 Å². The number of hydrogen-bond acceptors (Lipinski definition) is 4. The summed E-state index contributed by atoms with van der Waals surface area (Å²) < 4.78 is 6.35. The van der Waals surface area contributed by atoms with Gasteiger partial charge >= 0.3 is 0 Å². The normalized spacial score (nSPS) is 18.9. The molecule has 3 aromatic rings. The maximum atomic E-state index is 9.34. The number of ether oxygens (including phenoxy) is 1. The summed E-state index contributed by atoms with van der Waals surface area (Å²) in [5, 5.41) is 18.4. The van der Waals surface area contributed by atoms with Gasteiger partial charge in [-0.3, -0.25) is 5.10 Å². The van der Waals surface area contributed by atoms with Crippen LogP contribution < -0.4 is 4.74 Å². The van der Waals surface area contributed by atoms with Crippen molar-refractivity contribution in [2.24, 2.45) is 0 Å². The van der Waals surface area contributed by atoms with Gasteiger partial charge in [0.25, 0.3) is 0 Å². The number of fused-ring (bicyclic) bond motifs is 2. The van der Waals surface area contributed by atoms with Crippen molar-refractivity contribution in [3.05, 3.63) is 51.4 Å². The molecule has 0 amide bonds. The van der Waals surface area contributed by atoms with Crippen LogP contribution in [0.15, 0.2) is 18.2 Å². The average Bonchev–Trinajstić information content (AvgIpc) is 3.42. The Kier molecular flexibility index (Phi) is 3.84. The van der Waals surface area contributed by atoms with Crippen LogP contribution in [0.5, 0.6) is 5.75 Å². The van der Waals surface area contributed by atoms with E-state index in [4.69, 9.17) is 16.3 Å². The van der Waals surface area contributed by atoms with Crippen LogP contribution in [0.25, 0.3) is 10.9 Å². The number of aromatic amines is 1. The minimum absolute atomic E-state index is 0.147. The topological polar surface area (TPSA) is 74.6 Å². The fourth-order valence-electron chi connectivity index (χ4n) is 4.07. The largest absolute Gasteiger partial charge is 0.484 e. The number of hydrogen-bond donors (Lipinski definition) is 1. The van der Waals surface area contributed by atoms with Gasteiger partial charge in [-0.05, 0) is 68.4 Å². The van der Waals surface area contributed by atoms with Crippen molar-refractivity contribution >= 4 is 22.5 Å². The molecule has 136 valence electrons. The fourth-order valence-corrected chi connectivity index (χ4v) is 4.35. The third-order valence-corrected chi connectivity index (χ3v) is 5.95. The Balaban J connectivity index is 1.51. The van der Waals surface area contributed by atoms with Crippen molar-refractivity contribution in [3.63, 3.8) is 0 Å². The van der Waals surface area contributed by atoms with E-state index in [1.807, 2.05) is 19.1 Å². The molecule has 2 aliphatic carbocycles. The molecule has 5 nitrogen and oxygen atoms in total. The summed E-state index contributed by atoms with van der Waals surface area (Å²) in [4.78, 5) is 4.53. The molecule has 2 aliphatic rings. The van der Waals surface area contributed by atoms with Crippen LogP contribution in [0.3, 0.4) is 0 Å². The van der Waals surface area contributed by atoms with E-state index < -0.39 is 0 Å². The smallest absolute Gasteiger partial charge is 0.147 e. The lowest BCUT2D eigenvalue weighted by Gasteiger charge is -2.27. The van der Waals surface area contributed by atoms with Crippen LogP contribution in [0.4, 0.5) is 0 Å². The Hall–Kier alpha value is -2.58. The monoisotopic (exact) mass is 378 g/mol. The van der Waals surface area contributed by atoms with Gasteiger partial charge in [-0.1, -0.05) is 11.6 Å². The van der Waals surface area contributed by atoms with E-state index in [-0.39, 0.29) is 11.3 Å². The number of pyridine rings is 1. The molecular formula is C21H19ClN4O. The van der Waals surface area contributed by atoms with Gasteiger partial charge in [0.05, 0.1) is 22.5 Å². The van der Waals surface area contributed by atoms with Gasteiger partial charge in [0.2, 0.25) is 0 Å². The first kappa shape index (κ1) is 16.6. The molecule has 5 rings (SSSR count). The quantitative estimate of drug-likeness (QED) is 0.641. The Morgan fingerprint density at radius 3 is 2.89 bits per heavy atom. The summed E-state index contributed by atoms with van der Waals surface area (Å²) in [5.41, 5.74) is 5.58. The van der Waals surface area contributed by atoms with E-state index >= 15 is 0 Å². The first-order valence-corrected chi connectivity index (χ1v) is 9.77. The molecule has 0 bridgehead atoms. The highest BCUT2D eigenvalue weighted by Gasteiger charge is 2.29.